The molecule has 5 rings (SSSR count). The minimum absolute atomic E-state index is 0.0925. The van der Waals surface area contributed by atoms with E-state index in [2.05, 4.69) is 10.6 Å². The second-order valence-electron chi connectivity index (χ2n) is 8.83. The highest BCUT2D eigenvalue weighted by Crippen LogP contribution is 2.60. The Morgan fingerprint density at radius 1 is 1.04 bits per heavy atom. The number of anilines is 1. The summed E-state index contributed by atoms with van der Waals surface area (Å²) < 4.78 is 4.98. The smallest absolute Gasteiger partial charge is 0.251 e. The van der Waals surface area contributed by atoms with Crippen LogP contribution in [-0.2, 0) is 9.53 Å². The molecule has 4 aliphatic carbocycles. The molecule has 2 N–H and O–H groups in total. The van der Waals surface area contributed by atoms with Gasteiger partial charge in [-0.15, -0.1) is 0 Å². The Kier molecular flexibility index (Phi) is 5.22. The standard InChI is InChI=1S/C22H30N2O3/c1-27-8-2-7-23-20(25)18-3-5-19(6-4-18)24-21(26)22-12-15-9-16(13-22)11-17(10-15)14-22/h3-6,15-17H,2,7-14H2,1H3,(H,23,25)(H,24,26). The minimum Gasteiger partial charge on any atom is -0.385 e. The van der Waals surface area contributed by atoms with E-state index in [0.29, 0.717) is 18.7 Å². The molecule has 4 bridgehead atoms. The summed E-state index contributed by atoms with van der Waals surface area (Å²) in [6.45, 7) is 1.23. The highest BCUT2D eigenvalue weighted by atomic mass is 16.5. The highest BCUT2D eigenvalue weighted by molar-refractivity contribution is 5.97. The first-order chi connectivity index (χ1) is 13.1. The van der Waals surface area contributed by atoms with E-state index in [-0.39, 0.29) is 17.2 Å². The monoisotopic (exact) mass is 370 g/mol. The van der Waals surface area contributed by atoms with E-state index in [1.807, 2.05) is 12.1 Å². The summed E-state index contributed by atoms with van der Waals surface area (Å²) in [6.07, 6.45) is 7.98. The fourth-order valence-electron chi connectivity index (χ4n) is 5.88. The van der Waals surface area contributed by atoms with Gasteiger partial charge in [-0.2, -0.15) is 0 Å². The van der Waals surface area contributed by atoms with Crippen molar-refractivity contribution in [2.75, 3.05) is 25.6 Å². The quantitative estimate of drug-likeness (QED) is 0.721. The molecule has 1 aromatic carbocycles. The Balaban J connectivity index is 1.34. The van der Waals surface area contributed by atoms with Gasteiger partial charge in [-0.3, -0.25) is 9.59 Å². The predicted molar refractivity (Wildman–Crippen MR) is 105 cm³/mol. The number of nitrogens with one attached hydrogen (secondary N) is 2. The molecule has 4 aliphatic rings. The molecule has 0 spiro atoms. The molecule has 5 heteroatoms. The molecule has 0 radical (unpaired) electrons. The summed E-state index contributed by atoms with van der Waals surface area (Å²) in [7, 11) is 1.65. The second-order valence-corrected chi connectivity index (χ2v) is 8.83. The molecule has 1 aromatic rings. The lowest BCUT2D eigenvalue weighted by molar-refractivity contribution is -0.140. The predicted octanol–water partition coefficient (Wildman–Crippen LogP) is 3.61. The van der Waals surface area contributed by atoms with Crippen LogP contribution in [0.2, 0.25) is 0 Å². The summed E-state index contributed by atoms with van der Waals surface area (Å²) in [6, 6.07) is 7.23. The van der Waals surface area contributed by atoms with Crippen LogP contribution < -0.4 is 10.6 Å². The molecule has 0 heterocycles. The van der Waals surface area contributed by atoms with Crippen molar-refractivity contribution >= 4 is 17.5 Å². The molecular weight excluding hydrogens is 340 g/mol. The Morgan fingerprint density at radius 2 is 1.63 bits per heavy atom. The molecule has 5 nitrogen and oxygen atoms in total. The van der Waals surface area contributed by atoms with Crippen LogP contribution in [0.5, 0.6) is 0 Å². The molecule has 0 atom stereocenters. The lowest BCUT2D eigenvalue weighted by Crippen LogP contribution is -2.51. The number of benzene rings is 1. The fourth-order valence-corrected chi connectivity index (χ4v) is 5.88. The number of carbonyl (C=O) groups excluding carboxylic acids is 2. The zero-order valence-electron chi connectivity index (χ0n) is 16.1. The van der Waals surface area contributed by atoms with Crippen LogP contribution in [0.3, 0.4) is 0 Å². The molecular formula is C22H30N2O3. The first-order valence-corrected chi connectivity index (χ1v) is 10.3. The maximum atomic E-state index is 13.1. The fraction of sp³-hybridized carbons (Fsp3) is 0.636. The largest absolute Gasteiger partial charge is 0.385 e. The van der Waals surface area contributed by atoms with E-state index >= 15 is 0 Å². The molecule has 27 heavy (non-hydrogen) atoms. The third kappa shape index (κ3) is 3.88. The summed E-state index contributed by atoms with van der Waals surface area (Å²) in [5.41, 5.74) is 1.25. The molecule has 0 saturated heterocycles. The van der Waals surface area contributed by atoms with Crippen molar-refractivity contribution in [3.63, 3.8) is 0 Å². The van der Waals surface area contributed by atoms with E-state index in [1.54, 1.807) is 19.2 Å². The highest BCUT2D eigenvalue weighted by Gasteiger charge is 2.54. The summed E-state index contributed by atoms with van der Waals surface area (Å²) >= 11 is 0. The average Bonchev–Trinajstić information content (AvgIpc) is 2.64. The van der Waals surface area contributed by atoms with Gasteiger partial charge < -0.3 is 15.4 Å². The minimum atomic E-state index is -0.147. The third-order valence-electron chi connectivity index (χ3n) is 6.74. The first-order valence-electron chi connectivity index (χ1n) is 10.3. The summed E-state index contributed by atoms with van der Waals surface area (Å²) in [5, 5.41) is 6.01. The normalized spacial score (nSPS) is 30.9. The molecule has 0 aliphatic heterocycles. The second kappa shape index (κ2) is 7.63. The van der Waals surface area contributed by atoms with Crippen molar-refractivity contribution in [1.29, 1.82) is 0 Å². The van der Waals surface area contributed by atoms with E-state index in [4.69, 9.17) is 4.74 Å². The molecule has 146 valence electrons. The van der Waals surface area contributed by atoms with Crippen LogP contribution in [-0.4, -0.2) is 32.1 Å². The topological polar surface area (TPSA) is 67.4 Å². The molecule has 2 amide bonds. The van der Waals surface area contributed by atoms with Gasteiger partial charge >= 0.3 is 0 Å². The number of hydrogen-bond acceptors (Lipinski definition) is 3. The van der Waals surface area contributed by atoms with Crippen LogP contribution in [0.1, 0.15) is 55.3 Å². The molecule has 0 unspecified atom stereocenters. The Hall–Kier alpha value is -1.88. The van der Waals surface area contributed by atoms with Crippen LogP contribution >= 0.6 is 0 Å². The molecule has 4 saturated carbocycles. The number of hydrogen-bond donors (Lipinski definition) is 2. The SMILES string of the molecule is COCCCNC(=O)c1ccc(NC(=O)C23CC4CC(CC(C4)C2)C3)cc1. The Bertz CT molecular complexity index is 663. The van der Waals surface area contributed by atoms with Gasteiger partial charge in [0.25, 0.3) is 5.91 Å². The van der Waals surface area contributed by atoms with Gasteiger partial charge in [-0.1, -0.05) is 0 Å². The van der Waals surface area contributed by atoms with Crippen molar-refractivity contribution < 1.29 is 14.3 Å². The number of carbonyl (C=O) groups is 2. The van der Waals surface area contributed by atoms with Gasteiger partial charge in [0.2, 0.25) is 5.91 Å². The van der Waals surface area contributed by atoms with Crippen molar-refractivity contribution in [3.8, 4) is 0 Å². The third-order valence-corrected chi connectivity index (χ3v) is 6.74. The Labute approximate surface area is 161 Å². The maximum absolute atomic E-state index is 13.1. The van der Waals surface area contributed by atoms with Crippen LogP contribution in [0, 0.1) is 23.2 Å². The van der Waals surface area contributed by atoms with Gasteiger partial charge in [-0.05, 0) is 87.0 Å². The van der Waals surface area contributed by atoms with Crippen LogP contribution in [0.25, 0.3) is 0 Å². The first kappa shape index (κ1) is 18.5. The van der Waals surface area contributed by atoms with Gasteiger partial charge in [-0.25, -0.2) is 0 Å². The summed E-state index contributed by atoms with van der Waals surface area (Å²) in [5.74, 6) is 2.37. The lowest BCUT2D eigenvalue weighted by atomic mass is 9.49. The van der Waals surface area contributed by atoms with Crippen molar-refractivity contribution in [1.82, 2.24) is 5.32 Å². The average molecular weight is 370 g/mol. The van der Waals surface area contributed by atoms with E-state index in [0.717, 1.165) is 49.1 Å². The summed E-state index contributed by atoms with van der Waals surface area (Å²) in [4.78, 5) is 25.2. The number of rotatable bonds is 7. The van der Waals surface area contributed by atoms with Crippen molar-refractivity contribution in [2.45, 2.75) is 44.9 Å². The van der Waals surface area contributed by atoms with Crippen molar-refractivity contribution in [3.05, 3.63) is 29.8 Å². The van der Waals surface area contributed by atoms with Crippen LogP contribution in [0.15, 0.2) is 24.3 Å². The lowest BCUT2D eigenvalue weighted by Gasteiger charge is -2.55. The van der Waals surface area contributed by atoms with E-state index in [1.165, 1.54) is 19.3 Å². The zero-order valence-corrected chi connectivity index (χ0v) is 16.1. The van der Waals surface area contributed by atoms with E-state index < -0.39 is 0 Å². The van der Waals surface area contributed by atoms with Gasteiger partial charge in [0, 0.05) is 31.5 Å². The molecule has 0 aromatic heterocycles. The van der Waals surface area contributed by atoms with Crippen LogP contribution in [0.4, 0.5) is 5.69 Å². The van der Waals surface area contributed by atoms with Gasteiger partial charge in [0.1, 0.15) is 0 Å². The maximum Gasteiger partial charge on any atom is 0.251 e. The van der Waals surface area contributed by atoms with Gasteiger partial charge in [0.05, 0.1) is 5.41 Å². The zero-order chi connectivity index (χ0) is 18.9. The number of methoxy groups -OCH3 is 1. The molecule has 4 fully saturated rings. The Morgan fingerprint density at radius 3 is 2.19 bits per heavy atom. The van der Waals surface area contributed by atoms with Gasteiger partial charge in [0.15, 0.2) is 0 Å². The number of amides is 2. The van der Waals surface area contributed by atoms with E-state index in [9.17, 15) is 9.59 Å². The number of ether oxygens (including phenoxy) is 1. The van der Waals surface area contributed by atoms with Crippen molar-refractivity contribution in [2.24, 2.45) is 23.2 Å².